The highest BCUT2D eigenvalue weighted by atomic mass is 19.4. The van der Waals surface area contributed by atoms with Gasteiger partial charge in [0.1, 0.15) is 18.1 Å². The number of hydrogen-bond acceptors (Lipinski definition) is 9. The Bertz CT molecular complexity index is 1570. The summed E-state index contributed by atoms with van der Waals surface area (Å²) in [5.41, 5.74) is 6.45. The maximum absolute atomic E-state index is 13.5. The third kappa shape index (κ3) is 11.4. The SMILES string of the molecule is CC(C)[C@H](NC(=O)c1ccc(-c2nnco2)cc1)C(=O)N[C@@H](Cc1ccccc1)C(=O)N[C@@H](C)C(=O)NC(CCC(N)=O)C(O)C(F)(F)F. The summed E-state index contributed by atoms with van der Waals surface area (Å²) in [7, 11) is 0. The third-order valence-corrected chi connectivity index (χ3v) is 7.40. The second-order valence-corrected chi connectivity index (χ2v) is 11.6. The van der Waals surface area contributed by atoms with Crippen LogP contribution < -0.4 is 27.0 Å². The van der Waals surface area contributed by atoms with E-state index in [1.807, 2.05) is 5.32 Å². The maximum Gasteiger partial charge on any atom is 0.416 e. The number of hydrogen-bond donors (Lipinski definition) is 6. The number of aromatic nitrogens is 2. The van der Waals surface area contributed by atoms with Crippen LogP contribution >= 0.6 is 0 Å². The number of carbonyl (C=O) groups is 5. The summed E-state index contributed by atoms with van der Waals surface area (Å²) in [5, 5.41) is 26.8. The smallest absolute Gasteiger partial charge is 0.416 e. The number of nitrogens with one attached hydrogen (secondary N) is 4. The first-order valence-electron chi connectivity index (χ1n) is 15.2. The highest BCUT2D eigenvalue weighted by Gasteiger charge is 2.44. The van der Waals surface area contributed by atoms with Gasteiger partial charge >= 0.3 is 6.18 Å². The summed E-state index contributed by atoms with van der Waals surface area (Å²) in [6.45, 7) is 4.57. The second-order valence-electron chi connectivity index (χ2n) is 11.6. The van der Waals surface area contributed by atoms with E-state index < -0.39 is 84.7 Å². The molecule has 0 radical (unpaired) electrons. The van der Waals surface area contributed by atoms with Crippen molar-refractivity contribution < 1.29 is 46.7 Å². The van der Waals surface area contributed by atoms with Gasteiger partial charge in [0.05, 0.1) is 6.04 Å². The van der Waals surface area contributed by atoms with Crippen LogP contribution in [0.25, 0.3) is 11.5 Å². The van der Waals surface area contributed by atoms with Crippen molar-refractivity contribution in [1.82, 2.24) is 31.5 Å². The summed E-state index contributed by atoms with van der Waals surface area (Å²) in [6, 6.07) is 9.00. The number of nitrogens with two attached hydrogens (primary N) is 1. The van der Waals surface area contributed by atoms with Gasteiger partial charge in [-0.2, -0.15) is 13.2 Å². The van der Waals surface area contributed by atoms with Crippen molar-refractivity contribution in [2.45, 2.75) is 76.5 Å². The van der Waals surface area contributed by atoms with E-state index in [1.54, 1.807) is 56.3 Å². The van der Waals surface area contributed by atoms with Crippen molar-refractivity contribution >= 4 is 29.5 Å². The predicted molar refractivity (Wildman–Crippen MR) is 168 cm³/mol. The number of aliphatic hydroxyl groups excluding tert-OH is 1. The van der Waals surface area contributed by atoms with Gasteiger partial charge in [-0.3, -0.25) is 24.0 Å². The van der Waals surface area contributed by atoms with E-state index in [2.05, 4.69) is 26.1 Å². The van der Waals surface area contributed by atoms with Crippen LogP contribution in [0.3, 0.4) is 0 Å². The quantitative estimate of drug-likeness (QED) is 0.128. The lowest BCUT2D eigenvalue weighted by molar-refractivity contribution is -0.212. The Kier molecular flexibility index (Phi) is 13.4. The van der Waals surface area contributed by atoms with Crippen LogP contribution in [-0.2, 0) is 25.6 Å². The normalized spacial score (nSPS) is 14.5. The number of aliphatic hydroxyl groups is 1. The highest BCUT2D eigenvalue weighted by molar-refractivity contribution is 5.99. The summed E-state index contributed by atoms with van der Waals surface area (Å²) in [6.07, 6.45) is -8.17. The number of nitrogens with zero attached hydrogens (tertiary/aromatic N) is 2. The van der Waals surface area contributed by atoms with Crippen molar-refractivity contribution in [2.75, 3.05) is 0 Å². The van der Waals surface area contributed by atoms with Crippen LogP contribution in [0.15, 0.2) is 65.4 Å². The standard InChI is InChI=1S/C32H38F3N7O7/c1-17(2)25(41-28(46)20-9-11-21(12-10-20)31-42-37-16-49-31)30(48)40-23(15-19-7-5-4-6-8-19)29(47)38-18(3)27(45)39-22(13-14-24(36)43)26(44)32(33,34)35/h4-12,16-18,22-23,25-26,44H,13-15H2,1-3H3,(H2,36,43)(H,38,47)(H,39,45)(H,40,48)(H,41,46)/t18-,22?,23-,25-,26?/m0/s1. The number of carbonyl (C=O) groups excluding carboxylic acids is 5. The molecule has 3 aromatic rings. The van der Waals surface area contributed by atoms with Crippen LogP contribution in [0.5, 0.6) is 0 Å². The van der Waals surface area contributed by atoms with E-state index in [-0.39, 0.29) is 17.9 Å². The molecular formula is C32H38F3N7O7. The molecule has 0 fully saturated rings. The minimum Gasteiger partial charge on any atom is -0.423 e. The van der Waals surface area contributed by atoms with Gasteiger partial charge in [0, 0.05) is 24.0 Å². The molecule has 0 aliphatic heterocycles. The molecule has 14 nitrogen and oxygen atoms in total. The van der Waals surface area contributed by atoms with E-state index in [0.717, 1.165) is 6.39 Å². The molecule has 2 unspecified atom stereocenters. The molecule has 7 N–H and O–H groups in total. The molecule has 264 valence electrons. The first-order valence-corrected chi connectivity index (χ1v) is 15.2. The number of alkyl halides is 3. The van der Waals surface area contributed by atoms with Crippen molar-refractivity contribution in [1.29, 1.82) is 0 Å². The number of rotatable bonds is 16. The van der Waals surface area contributed by atoms with Crippen molar-refractivity contribution in [2.24, 2.45) is 11.7 Å². The van der Waals surface area contributed by atoms with Gasteiger partial charge < -0.3 is 36.5 Å². The van der Waals surface area contributed by atoms with Crippen LogP contribution in [0.4, 0.5) is 13.2 Å². The molecule has 0 aliphatic carbocycles. The zero-order valence-electron chi connectivity index (χ0n) is 26.9. The molecule has 1 heterocycles. The van der Waals surface area contributed by atoms with Crippen molar-refractivity contribution in [3.63, 3.8) is 0 Å². The maximum atomic E-state index is 13.5. The van der Waals surface area contributed by atoms with Crippen molar-refractivity contribution in [3.8, 4) is 11.5 Å². The minimum atomic E-state index is -5.12. The van der Waals surface area contributed by atoms with Gasteiger partial charge in [-0.1, -0.05) is 44.2 Å². The van der Waals surface area contributed by atoms with Crippen LogP contribution in [0.1, 0.15) is 49.5 Å². The largest absolute Gasteiger partial charge is 0.423 e. The van der Waals surface area contributed by atoms with Gasteiger partial charge in [-0.05, 0) is 49.1 Å². The fourth-order valence-corrected chi connectivity index (χ4v) is 4.67. The van der Waals surface area contributed by atoms with E-state index in [0.29, 0.717) is 11.1 Å². The Morgan fingerprint density at radius 3 is 2.08 bits per heavy atom. The monoisotopic (exact) mass is 689 g/mol. The predicted octanol–water partition coefficient (Wildman–Crippen LogP) is 1.40. The average Bonchev–Trinajstić information content (AvgIpc) is 3.59. The molecule has 49 heavy (non-hydrogen) atoms. The fraction of sp³-hybridized carbons (Fsp3) is 0.406. The first kappa shape index (κ1) is 38.1. The fourth-order valence-electron chi connectivity index (χ4n) is 4.67. The number of halogens is 3. The second kappa shape index (κ2) is 17.2. The lowest BCUT2D eigenvalue weighted by Crippen LogP contribution is -2.59. The van der Waals surface area contributed by atoms with Gasteiger partial charge in [-0.25, -0.2) is 0 Å². The molecule has 5 amide bonds. The molecule has 0 saturated carbocycles. The Hall–Kier alpha value is -5.32. The first-order chi connectivity index (χ1) is 23.1. The van der Waals surface area contributed by atoms with E-state index >= 15 is 0 Å². The molecule has 17 heteroatoms. The van der Waals surface area contributed by atoms with Crippen molar-refractivity contribution in [3.05, 3.63) is 72.1 Å². The molecule has 0 aliphatic rings. The van der Waals surface area contributed by atoms with E-state index in [1.165, 1.54) is 19.1 Å². The van der Waals surface area contributed by atoms with E-state index in [9.17, 15) is 42.3 Å². The topological polar surface area (TPSA) is 219 Å². The zero-order valence-corrected chi connectivity index (χ0v) is 26.9. The van der Waals surface area contributed by atoms with Crippen LogP contribution in [0.2, 0.25) is 0 Å². The number of amides is 5. The zero-order chi connectivity index (χ0) is 36.3. The highest BCUT2D eigenvalue weighted by Crippen LogP contribution is 2.24. The molecule has 1 aromatic heterocycles. The number of primary amides is 1. The van der Waals surface area contributed by atoms with Gasteiger partial charge in [0.25, 0.3) is 5.91 Å². The average molecular weight is 690 g/mol. The molecule has 0 bridgehead atoms. The minimum absolute atomic E-state index is 0.0450. The molecule has 2 aromatic carbocycles. The van der Waals surface area contributed by atoms with Gasteiger partial charge in [0.2, 0.25) is 35.9 Å². The summed E-state index contributed by atoms with van der Waals surface area (Å²) in [4.78, 5) is 64.1. The lowest BCUT2D eigenvalue weighted by Gasteiger charge is -2.28. The van der Waals surface area contributed by atoms with Crippen LogP contribution in [0, 0.1) is 5.92 Å². The summed E-state index contributed by atoms with van der Waals surface area (Å²) >= 11 is 0. The van der Waals surface area contributed by atoms with Gasteiger partial charge in [0.15, 0.2) is 6.10 Å². The Morgan fingerprint density at radius 2 is 1.53 bits per heavy atom. The molecule has 3 rings (SSSR count). The van der Waals surface area contributed by atoms with Crippen LogP contribution in [-0.4, -0.2) is 81.3 Å². The number of benzene rings is 2. The summed E-state index contributed by atoms with van der Waals surface area (Å²) in [5.74, 6) is -4.36. The Balaban J connectivity index is 1.74. The summed E-state index contributed by atoms with van der Waals surface area (Å²) < 4.78 is 44.8. The van der Waals surface area contributed by atoms with E-state index in [4.69, 9.17) is 10.2 Å². The molecule has 0 saturated heterocycles. The molecular weight excluding hydrogens is 651 g/mol. The van der Waals surface area contributed by atoms with Gasteiger partial charge in [-0.15, -0.1) is 10.2 Å². The Labute approximate surface area is 279 Å². The lowest BCUT2D eigenvalue weighted by atomic mass is 10.00. The third-order valence-electron chi connectivity index (χ3n) is 7.40. The Morgan fingerprint density at radius 1 is 0.878 bits per heavy atom. The molecule has 0 spiro atoms. The molecule has 5 atom stereocenters.